The highest BCUT2D eigenvalue weighted by atomic mass is 31.2. The van der Waals surface area contributed by atoms with Crippen LogP contribution in [0.4, 0.5) is 0 Å². The molecule has 3 aliphatic rings. The zero-order chi connectivity index (χ0) is 25.0. The summed E-state index contributed by atoms with van der Waals surface area (Å²) in [6.07, 6.45) is 14.4. The molecule has 7 nitrogen and oxygen atoms in total. The number of unbranched alkanes of at least 4 members (excludes halogenated alkanes) is 2. The molecule has 0 saturated carbocycles. The fourth-order valence-corrected chi connectivity index (χ4v) is 5.33. The smallest absolute Gasteiger partial charge is 0.325 e. The summed E-state index contributed by atoms with van der Waals surface area (Å²) < 4.78 is 16.7. The van der Waals surface area contributed by atoms with Crippen LogP contribution in [-0.4, -0.2) is 34.5 Å². The van der Waals surface area contributed by atoms with Crippen LogP contribution in [0.2, 0.25) is 0 Å². The number of hydrogen-bond acceptors (Lipinski definition) is 5. The molecule has 35 heavy (non-hydrogen) atoms. The van der Waals surface area contributed by atoms with Crippen molar-refractivity contribution in [1.29, 1.82) is 0 Å². The Morgan fingerprint density at radius 3 is 2.71 bits per heavy atom. The van der Waals surface area contributed by atoms with Gasteiger partial charge in [-0.05, 0) is 86.4 Å². The summed E-state index contributed by atoms with van der Waals surface area (Å²) in [5, 5.41) is 0. The zero-order valence-corrected chi connectivity index (χ0v) is 21.2. The summed E-state index contributed by atoms with van der Waals surface area (Å²) in [6, 6.07) is 6.17. The van der Waals surface area contributed by atoms with Crippen LogP contribution in [-0.2, 0) is 11.0 Å². The quantitative estimate of drug-likeness (QED) is 0.312. The summed E-state index contributed by atoms with van der Waals surface area (Å²) in [7, 11) is -3.89. The van der Waals surface area contributed by atoms with Crippen molar-refractivity contribution in [1.82, 2.24) is 0 Å². The van der Waals surface area contributed by atoms with E-state index in [1.165, 1.54) is 22.3 Å². The minimum atomic E-state index is -3.89. The maximum absolute atomic E-state index is 10.9. The molecule has 1 aromatic carbocycles. The Morgan fingerprint density at radius 1 is 1.11 bits per heavy atom. The first kappa shape index (κ1) is 25.4. The van der Waals surface area contributed by atoms with Gasteiger partial charge in [-0.1, -0.05) is 24.3 Å². The molecule has 186 valence electrons. The number of nitrogens with two attached hydrogens (primary N) is 1. The average molecular weight is 496 g/mol. The first-order valence-corrected chi connectivity index (χ1v) is 14.0. The van der Waals surface area contributed by atoms with Gasteiger partial charge < -0.3 is 20.3 Å². The van der Waals surface area contributed by atoms with Gasteiger partial charge in [0.25, 0.3) is 0 Å². The van der Waals surface area contributed by atoms with Crippen molar-refractivity contribution in [2.75, 3.05) is 12.8 Å². The number of allylic oxidation sites excluding steroid dienone is 6. The maximum Gasteiger partial charge on any atom is 0.325 e. The van der Waals surface area contributed by atoms with Gasteiger partial charge in [-0.2, -0.15) is 0 Å². The third-order valence-electron chi connectivity index (χ3n) is 6.62. The molecule has 2 atom stereocenters. The second-order valence-electron chi connectivity index (χ2n) is 9.49. The van der Waals surface area contributed by atoms with Crippen LogP contribution in [0.1, 0.15) is 43.7 Å². The minimum absolute atomic E-state index is 0.0590. The van der Waals surface area contributed by atoms with E-state index in [9.17, 15) is 4.57 Å². The van der Waals surface area contributed by atoms with E-state index in [2.05, 4.69) is 60.3 Å². The predicted molar refractivity (Wildman–Crippen MR) is 141 cm³/mol. The molecule has 1 aromatic rings. The van der Waals surface area contributed by atoms with Crippen LogP contribution in [0.3, 0.4) is 0 Å². The fourth-order valence-electron chi connectivity index (χ4n) is 4.69. The molecule has 0 fully saturated rings. The molecule has 0 aromatic heterocycles. The third-order valence-corrected chi connectivity index (χ3v) is 7.52. The Bertz CT molecular complexity index is 1200. The number of rotatable bonds is 10. The van der Waals surface area contributed by atoms with Gasteiger partial charge in [-0.25, -0.2) is 4.99 Å². The van der Waals surface area contributed by atoms with Gasteiger partial charge >= 0.3 is 7.60 Å². The van der Waals surface area contributed by atoms with Crippen LogP contribution in [0.25, 0.3) is 0 Å². The number of aliphatic imine (C=N–C) groups is 2. The van der Waals surface area contributed by atoms with Gasteiger partial charge in [0.1, 0.15) is 11.6 Å². The summed E-state index contributed by atoms with van der Waals surface area (Å²) in [6.45, 7) is 4.71. The number of fused-ring (bicyclic) bond motifs is 3. The number of benzene rings is 1. The highest BCUT2D eigenvalue weighted by molar-refractivity contribution is 7.51. The van der Waals surface area contributed by atoms with Crippen LogP contribution in [0, 0.1) is 18.8 Å². The number of ether oxygens (including phenoxy) is 1. The summed E-state index contributed by atoms with van der Waals surface area (Å²) in [4.78, 5) is 27.1. The van der Waals surface area contributed by atoms with Crippen molar-refractivity contribution >= 4 is 19.5 Å². The van der Waals surface area contributed by atoms with Gasteiger partial charge in [0, 0.05) is 24.2 Å². The molecular weight excluding hydrogens is 461 g/mol. The zero-order valence-electron chi connectivity index (χ0n) is 20.4. The summed E-state index contributed by atoms with van der Waals surface area (Å²) in [5.74, 6) is 1.65. The molecule has 4 rings (SSSR count). The topological polar surface area (TPSA) is 118 Å². The van der Waals surface area contributed by atoms with Gasteiger partial charge in [-0.15, -0.1) is 0 Å². The highest BCUT2D eigenvalue weighted by Crippen LogP contribution is 2.38. The fraction of sp³-hybridized carbons (Fsp3) is 0.407. The monoisotopic (exact) mass is 495 g/mol. The molecule has 0 bridgehead atoms. The second-order valence-corrected chi connectivity index (χ2v) is 11.3. The Morgan fingerprint density at radius 2 is 1.94 bits per heavy atom. The molecule has 2 unspecified atom stereocenters. The number of dihydropyridines is 1. The molecule has 0 spiro atoms. The standard InChI is InChI=1S/C27H34N3O4P/c1-18-6-11-23-24-16-20(17-29-26(24)27(28)30-25(23)14-18)7-8-21-9-10-22(15-19(21)2)34-12-4-3-5-13-35(31,32)33/h6,9-11,14-17,23-24H,3-5,7-8,12-13,28H2,1-2H3,(H2,31,32,33). The van der Waals surface area contributed by atoms with Crippen LogP contribution in [0.5, 0.6) is 5.75 Å². The minimum Gasteiger partial charge on any atom is -0.494 e. The van der Waals surface area contributed by atoms with Crippen molar-refractivity contribution in [3.63, 3.8) is 0 Å². The Hall–Kier alpha value is -2.73. The van der Waals surface area contributed by atoms with E-state index < -0.39 is 7.60 Å². The molecular formula is C27H34N3O4P. The van der Waals surface area contributed by atoms with E-state index in [0.29, 0.717) is 18.8 Å². The van der Waals surface area contributed by atoms with E-state index >= 15 is 0 Å². The largest absolute Gasteiger partial charge is 0.494 e. The van der Waals surface area contributed by atoms with Crippen LogP contribution in [0.15, 0.2) is 75.2 Å². The Labute approximate surface area is 207 Å². The average Bonchev–Trinajstić information content (AvgIpc) is 2.80. The lowest BCUT2D eigenvalue weighted by molar-refractivity contribution is 0.305. The Balaban J connectivity index is 1.30. The van der Waals surface area contributed by atoms with E-state index in [-0.39, 0.29) is 18.0 Å². The summed E-state index contributed by atoms with van der Waals surface area (Å²) in [5.41, 5.74) is 12.9. The van der Waals surface area contributed by atoms with E-state index in [1.54, 1.807) is 0 Å². The van der Waals surface area contributed by atoms with E-state index in [0.717, 1.165) is 42.8 Å². The molecule has 4 N–H and O–H groups in total. The van der Waals surface area contributed by atoms with Crippen molar-refractivity contribution in [2.45, 2.75) is 46.0 Å². The van der Waals surface area contributed by atoms with Crippen LogP contribution < -0.4 is 10.5 Å². The van der Waals surface area contributed by atoms with Crippen molar-refractivity contribution < 1.29 is 19.1 Å². The number of hydrogen-bond donors (Lipinski definition) is 3. The van der Waals surface area contributed by atoms with E-state index in [4.69, 9.17) is 20.3 Å². The van der Waals surface area contributed by atoms with Crippen molar-refractivity contribution in [3.8, 4) is 5.75 Å². The molecule has 2 heterocycles. The molecule has 1 aliphatic carbocycles. The van der Waals surface area contributed by atoms with E-state index in [1.807, 2.05) is 12.3 Å². The molecule has 0 radical (unpaired) electrons. The molecule has 0 saturated heterocycles. The van der Waals surface area contributed by atoms with Gasteiger partial charge in [0.05, 0.1) is 18.0 Å². The normalized spacial score (nSPS) is 21.2. The molecule has 8 heteroatoms. The molecule has 0 amide bonds. The third kappa shape index (κ3) is 6.69. The highest BCUT2D eigenvalue weighted by Gasteiger charge is 2.33. The maximum atomic E-state index is 10.9. The Kier molecular flexibility index (Phi) is 7.90. The lowest BCUT2D eigenvalue weighted by atomic mass is 9.78. The van der Waals surface area contributed by atoms with Crippen LogP contribution >= 0.6 is 7.60 Å². The first-order chi connectivity index (χ1) is 16.7. The second kappa shape index (κ2) is 10.9. The lowest BCUT2D eigenvalue weighted by Crippen LogP contribution is -2.30. The van der Waals surface area contributed by atoms with Crippen molar-refractivity contribution in [3.05, 3.63) is 76.3 Å². The first-order valence-electron chi connectivity index (χ1n) is 12.2. The van der Waals surface area contributed by atoms with Gasteiger partial charge in [0.15, 0.2) is 0 Å². The SMILES string of the molecule is CC1=CC2=NC(N)=C3N=CC(CCc4ccc(OCCCCCP(=O)(O)O)cc4C)=CC3C2C=C1. The van der Waals surface area contributed by atoms with Crippen molar-refractivity contribution in [2.24, 2.45) is 27.6 Å². The number of nitrogens with zero attached hydrogens (tertiary/aromatic N) is 2. The van der Waals surface area contributed by atoms with Gasteiger partial charge in [0.2, 0.25) is 0 Å². The predicted octanol–water partition coefficient (Wildman–Crippen LogP) is 5.00. The number of aryl methyl sites for hydroxylation is 2. The lowest BCUT2D eigenvalue weighted by Gasteiger charge is -2.31. The summed E-state index contributed by atoms with van der Waals surface area (Å²) >= 11 is 0. The molecule has 2 aliphatic heterocycles. The van der Waals surface area contributed by atoms with Gasteiger partial charge in [-0.3, -0.25) is 9.56 Å².